The Labute approximate surface area is 114 Å². The normalized spacial score (nSPS) is 16.1. The van der Waals surface area contributed by atoms with Crippen LogP contribution in [-0.4, -0.2) is 22.7 Å². The van der Waals surface area contributed by atoms with Gasteiger partial charge >= 0.3 is 0 Å². The Bertz CT molecular complexity index is 486. The quantitative estimate of drug-likeness (QED) is 0.779. The van der Waals surface area contributed by atoms with Crippen LogP contribution in [0.3, 0.4) is 0 Å². The van der Waals surface area contributed by atoms with Gasteiger partial charge in [0.25, 0.3) is 0 Å². The Kier molecular flexibility index (Phi) is 4.40. The molecule has 0 aliphatic heterocycles. The third-order valence-corrected chi connectivity index (χ3v) is 3.52. The fourth-order valence-electron chi connectivity index (χ4n) is 2.48. The molecule has 0 amide bonds. The Balaban J connectivity index is 2.36. The van der Waals surface area contributed by atoms with Gasteiger partial charge in [-0.05, 0) is 45.1 Å². The second kappa shape index (κ2) is 6.04. The third-order valence-electron chi connectivity index (χ3n) is 3.52. The molecular formula is C15H22N2O2. The summed E-state index contributed by atoms with van der Waals surface area (Å²) >= 11 is 0. The van der Waals surface area contributed by atoms with E-state index in [0.717, 1.165) is 24.8 Å². The van der Waals surface area contributed by atoms with Gasteiger partial charge in [-0.1, -0.05) is 12.5 Å². The topological polar surface area (TPSA) is 44.1 Å². The molecule has 104 valence electrons. The minimum Gasteiger partial charge on any atom is -0.493 e. The van der Waals surface area contributed by atoms with Crippen LogP contribution < -0.4 is 4.74 Å². The van der Waals surface area contributed by atoms with Crippen LogP contribution in [0.25, 0.3) is 0 Å². The molecule has 1 aromatic heterocycles. The number of ketones is 1. The molecule has 0 radical (unpaired) electrons. The smallest absolute Gasteiger partial charge is 0.210 e. The molecule has 0 fully saturated rings. The van der Waals surface area contributed by atoms with E-state index < -0.39 is 0 Å². The maximum absolute atomic E-state index is 12.7. The van der Waals surface area contributed by atoms with Crippen molar-refractivity contribution in [2.45, 2.75) is 52.0 Å². The van der Waals surface area contributed by atoms with Gasteiger partial charge in [0.1, 0.15) is 0 Å². The van der Waals surface area contributed by atoms with E-state index in [1.807, 2.05) is 13.8 Å². The van der Waals surface area contributed by atoms with Crippen molar-refractivity contribution in [2.75, 3.05) is 7.11 Å². The van der Waals surface area contributed by atoms with Crippen molar-refractivity contribution in [1.82, 2.24) is 9.78 Å². The number of carbonyl (C=O) groups is 1. The summed E-state index contributed by atoms with van der Waals surface area (Å²) in [7, 11) is 1.58. The number of ether oxygens (including phenoxy) is 1. The Morgan fingerprint density at radius 2 is 2.16 bits per heavy atom. The van der Waals surface area contributed by atoms with Crippen molar-refractivity contribution in [3.63, 3.8) is 0 Å². The number of rotatable bonds is 4. The molecule has 4 nitrogen and oxygen atoms in total. The molecule has 0 aromatic carbocycles. The van der Waals surface area contributed by atoms with Crippen molar-refractivity contribution in [2.24, 2.45) is 0 Å². The standard InChI is InChI=1S/C15H22N2O2/c1-11(2)17-14(13(19-3)10-16-17)15(18)12-8-6-4-5-7-9-12/h8,10-11H,4-7,9H2,1-3H3. The molecule has 0 saturated carbocycles. The average molecular weight is 262 g/mol. The average Bonchev–Trinajstić information content (AvgIpc) is 2.64. The number of allylic oxidation sites excluding steroid dienone is 2. The Morgan fingerprint density at radius 3 is 2.84 bits per heavy atom. The van der Waals surface area contributed by atoms with Gasteiger partial charge in [-0.3, -0.25) is 9.48 Å². The number of nitrogens with zero attached hydrogens (tertiary/aromatic N) is 2. The number of aromatic nitrogens is 2. The van der Waals surface area contributed by atoms with Crippen LogP contribution in [0, 0.1) is 0 Å². The molecule has 1 aliphatic carbocycles. The molecule has 4 heteroatoms. The van der Waals surface area contributed by atoms with E-state index in [-0.39, 0.29) is 11.8 Å². The molecule has 1 aliphatic rings. The highest BCUT2D eigenvalue weighted by atomic mass is 16.5. The lowest BCUT2D eigenvalue weighted by molar-refractivity contribution is 0.101. The molecule has 0 spiro atoms. The highest BCUT2D eigenvalue weighted by molar-refractivity contribution is 6.09. The highest BCUT2D eigenvalue weighted by Crippen LogP contribution is 2.27. The summed E-state index contributed by atoms with van der Waals surface area (Å²) in [6.07, 6.45) is 9.06. The van der Waals surface area contributed by atoms with Crippen molar-refractivity contribution < 1.29 is 9.53 Å². The number of methoxy groups -OCH3 is 1. The summed E-state index contributed by atoms with van der Waals surface area (Å²) in [6.45, 7) is 4.04. The van der Waals surface area contributed by atoms with Crippen LogP contribution in [0.5, 0.6) is 5.75 Å². The lowest BCUT2D eigenvalue weighted by atomic mass is 10.0. The lowest BCUT2D eigenvalue weighted by Crippen LogP contribution is -2.15. The van der Waals surface area contributed by atoms with Gasteiger partial charge in [-0.15, -0.1) is 0 Å². The van der Waals surface area contributed by atoms with Crippen LogP contribution in [0.2, 0.25) is 0 Å². The van der Waals surface area contributed by atoms with E-state index in [9.17, 15) is 4.79 Å². The monoisotopic (exact) mass is 262 g/mol. The van der Waals surface area contributed by atoms with Crippen molar-refractivity contribution in [3.05, 3.63) is 23.5 Å². The van der Waals surface area contributed by atoms with Crippen molar-refractivity contribution >= 4 is 5.78 Å². The van der Waals surface area contributed by atoms with Crippen molar-refractivity contribution in [1.29, 1.82) is 0 Å². The van der Waals surface area contributed by atoms with Gasteiger partial charge in [0.05, 0.1) is 13.3 Å². The molecule has 2 rings (SSSR count). The first-order chi connectivity index (χ1) is 9.15. The van der Waals surface area contributed by atoms with E-state index in [4.69, 9.17) is 4.74 Å². The zero-order valence-electron chi connectivity index (χ0n) is 12.0. The van der Waals surface area contributed by atoms with E-state index in [0.29, 0.717) is 11.4 Å². The maximum Gasteiger partial charge on any atom is 0.210 e. The number of hydrogen-bond acceptors (Lipinski definition) is 3. The second-order valence-corrected chi connectivity index (χ2v) is 5.26. The SMILES string of the molecule is COc1cnn(C(C)C)c1C(=O)C1=CCCCCC1. The van der Waals surface area contributed by atoms with E-state index in [1.54, 1.807) is 18.0 Å². The highest BCUT2D eigenvalue weighted by Gasteiger charge is 2.24. The summed E-state index contributed by atoms with van der Waals surface area (Å²) in [5, 5.41) is 4.27. The molecular weight excluding hydrogens is 240 g/mol. The molecule has 0 saturated heterocycles. The minimum absolute atomic E-state index is 0.0740. The minimum atomic E-state index is 0.0740. The largest absolute Gasteiger partial charge is 0.493 e. The predicted octanol–water partition coefficient (Wildman–Crippen LogP) is 3.55. The van der Waals surface area contributed by atoms with Crippen LogP contribution in [0.1, 0.15) is 62.5 Å². The molecule has 0 bridgehead atoms. The molecule has 0 N–H and O–H groups in total. The second-order valence-electron chi connectivity index (χ2n) is 5.26. The summed E-state index contributed by atoms with van der Waals surface area (Å²) < 4.78 is 7.04. The van der Waals surface area contributed by atoms with Gasteiger partial charge in [0.15, 0.2) is 11.4 Å². The first kappa shape index (κ1) is 13.8. The van der Waals surface area contributed by atoms with E-state index in [1.165, 1.54) is 12.8 Å². The van der Waals surface area contributed by atoms with Crippen LogP contribution in [0.15, 0.2) is 17.8 Å². The molecule has 1 aromatic rings. The zero-order chi connectivity index (χ0) is 13.8. The molecule has 0 unspecified atom stereocenters. The summed E-state index contributed by atoms with van der Waals surface area (Å²) in [6, 6.07) is 0.147. The predicted molar refractivity (Wildman–Crippen MR) is 74.7 cm³/mol. The first-order valence-corrected chi connectivity index (χ1v) is 7.00. The van der Waals surface area contributed by atoms with Gasteiger partial charge in [-0.25, -0.2) is 0 Å². The van der Waals surface area contributed by atoms with Gasteiger partial charge in [0.2, 0.25) is 5.78 Å². The molecule has 19 heavy (non-hydrogen) atoms. The van der Waals surface area contributed by atoms with Gasteiger partial charge in [0, 0.05) is 6.04 Å². The zero-order valence-corrected chi connectivity index (χ0v) is 12.0. The van der Waals surface area contributed by atoms with Crippen molar-refractivity contribution in [3.8, 4) is 5.75 Å². The fourth-order valence-corrected chi connectivity index (χ4v) is 2.48. The van der Waals surface area contributed by atoms with Crippen LogP contribution in [-0.2, 0) is 0 Å². The van der Waals surface area contributed by atoms with Crippen LogP contribution >= 0.6 is 0 Å². The van der Waals surface area contributed by atoms with Gasteiger partial charge in [-0.2, -0.15) is 5.10 Å². The Hall–Kier alpha value is -1.58. The van der Waals surface area contributed by atoms with E-state index >= 15 is 0 Å². The summed E-state index contributed by atoms with van der Waals surface area (Å²) in [4.78, 5) is 12.7. The first-order valence-electron chi connectivity index (χ1n) is 7.00. The van der Waals surface area contributed by atoms with Gasteiger partial charge < -0.3 is 4.74 Å². The number of carbonyl (C=O) groups excluding carboxylic acids is 1. The lowest BCUT2D eigenvalue weighted by Gasteiger charge is -2.12. The maximum atomic E-state index is 12.7. The molecule has 0 atom stereocenters. The number of hydrogen-bond donors (Lipinski definition) is 0. The Morgan fingerprint density at radius 1 is 1.37 bits per heavy atom. The third kappa shape index (κ3) is 2.88. The van der Waals surface area contributed by atoms with E-state index in [2.05, 4.69) is 11.2 Å². The van der Waals surface area contributed by atoms with Crippen LogP contribution in [0.4, 0.5) is 0 Å². The number of Topliss-reactive ketones (excluding diaryl/α,β-unsaturated/α-hetero) is 1. The molecule has 1 heterocycles. The summed E-state index contributed by atoms with van der Waals surface area (Å²) in [5.41, 5.74) is 1.50. The summed E-state index contributed by atoms with van der Waals surface area (Å²) in [5.74, 6) is 0.647. The fraction of sp³-hybridized carbons (Fsp3) is 0.600.